The third kappa shape index (κ3) is 3.94. The molecule has 1 fully saturated rings. The summed E-state index contributed by atoms with van der Waals surface area (Å²) in [6.07, 6.45) is 1.51. The van der Waals surface area contributed by atoms with Crippen molar-refractivity contribution in [1.82, 2.24) is 29.9 Å². The zero-order chi connectivity index (χ0) is 21.9. The quantitative estimate of drug-likeness (QED) is 0.476. The molecule has 1 aliphatic heterocycles. The van der Waals surface area contributed by atoms with Gasteiger partial charge in [-0.1, -0.05) is 23.4 Å². The van der Waals surface area contributed by atoms with Crippen molar-refractivity contribution in [1.29, 1.82) is 0 Å². The topological polar surface area (TPSA) is 89.3 Å². The molecule has 2 aromatic heterocycles. The number of nitrogens with zero attached hydrogens (tertiary/aromatic N) is 7. The van der Waals surface area contributed by atoms with E-state index in [2.05, 4.69) is 25.2 Å². The second-order valence-electron chi connectivity index (χ2n) is 7.32. The first kappa shape index (κ1) is 19.9. The normalized spacial score (nSPS) is 14.0. The molecule has 32 heavy (non-hydrogen) atoms. The van der Waals surface area contributed by atoms with Crippen LogP contribution < -0.4 is 9.64 Å². The van der Waals surface area contributed by atoms with Crippen molar-refractivity contribution in [2.75, 3.05) is 37.7 Å². The molecule has 162 valence electrons. The molecule has 0 spiro atoms. The molecule has 1 saturated heterocycles. The Labute approximate surface area is 183 Å². The van der Waals surface area contributed by atoms with Crippen LogP contribution in [0.5, 0.6) is 5.75 Å². The van der Waals surface area contributed by atoms with Crippen molar-refractivity contribution >= 4 is 22.9 Å². The molecule has 1 amide bonds. The van der Waals surface area contributed by atoms with Crippen LogP contribution in [0.25, 0.3) is 16.9 Å². The average molecular weight is 433 g/mol. The molecule has 0 unspecified atom stereocenters. The largest absolute Gasteiger partial charge is 0.484 e. The number of amides is 1. The van der Waals surface area contributed by atoms with Crippen LogP contribution in [0.1, 0.15) is 0 Å². The lowest BCUT2D eigenvalue weighted by Gasteiger charge is -2.35. The molecule has 4 aromatic rings. The molecular weight excluding hydrogens is 413 g/mol. The van der Waals surface area contributed by atoms with Crippen molar-refractivity contribution in [2.45, 2.75) is 0 Å². The Bertz CT molecular complexity index is 1220. The number of benzene rings is 2. The fourth-order valence-corrected chi connectivity index (χ4v) is 3.65. The predicted molar refractivity (Wildman–Crippen MR) is 115 cm³/mol. The molecule has 2 aromatic carbocycles. The molecule has 0 aliphatic carbocycles. The number of carbonyl (C=O) groups is 1. The number of rotatable bonds is 5. The summed E-state index contributed by atoms with van der Waals surface area (Å²) in [6.45, 7) is 2.18. The first-order chi connectivity index (χ1) is 15.7. The number of ether oxygens (including phenoxy) is 1. The summed E-state index contributed by atoms with van der Waals surface area (Å²) in [5, 5.41) is 8.57. The Kier molecular flexibility index (Phi) is 5.32. The molecule has 1 aliphatic rings. The maximum Gasteiger partial charge on any atom is 0.260 e. The van der Waals surface area contributed by atoms with E-state index in [-0.39, 0.29) is 18.3 Å². The molecule has 0 saturated carbocycles. The molecule has 10 heteroatoms. The number of hydrogen-bond donors (Lipinski definition) is 0. The summed E-state index contributed by atoms with van der Waals surface area (Å²) in [4.78, 5) is 25.1. The minimum Gasteiger partial charge on any atom is -0.484 e. The summed E-state index contributed by atoms with van der Waals surface area (Å²) in [5.74, 6) is 0.703. The number of fused-ring (bicyclic) bond motifs is 1. The van der Waals surface area contributed by atoms with Gasteiger partial charge in [-0.2, -0.15) is 4.68 Å². The first-order valence-electron chi connectivity index (χ1n) is 10.2. The smallest absolute Gasteiger partial charge is 0.260 e. The maximum atomic E-state index is 13.0. The number of anilines is 1. The van der Waals surface area contributed by atoms with Gasteiger partial charge >= 0.3 is 0 Å². The molecular formula is C22H20FN7O2. The minimum absolute atomic E-state index is 0.0885. The Morgan fingerprint density at radius 2 is 1.72 bits per heavy atom. The standard InChI is InChI=1S/C22H20FN7O2/c23-16-6-8-18(9-7-16)32-14-19(31)28-10-12-29(13-11-28)21-20-22(25-15-24-21)30(27-26-20)17-4-2-1-3-5-17/h1-9,15H,10-14H2. The number of para-hydroxylation sites is 1. The number of halogens is 1. The Balaban J connectivity index is 1.25. The monoisotopic (exact) mass is 433 g/mol. The van der Waals surface area contributed by atoms with Gasteiger partial charge in [0.15, 0.2) is 23.6 Å². The highest BCUT2D eigenvalue weighted by molar-refractivity contribution is 5.84. The van der Waals surface area contributed by atoms with E-state index in [0.29, 0.717) is 48.9 Å². The van der Waals surface area contributed by atoms with E-state index in [0.717, 1.165) is 5.69 Å². The van der Waals surface area contributed by atoms with Crippen molar-refractivity contribution in [3.63, 3.8) is 0 Å². The molecule has 0 radical (unpaired) electrons. The number of piperazine rings is 1. The fourth-order valence-electron chi connectivity index (χ4n) is 3.65. The zero-order valence-electron chi connectivity index (χ0n) is 17.1. The number of hydrogen-bond acceptors (Lipinski definition) is 7. The zero-order valence-corrected chi connectivity index (χ0v) is 17.1. The van der Waals surface area contributed by atoms with E-state index in [9.17, 15) is 9.18 Å². The van der Waals surface area contributed by atoms with Gasteiger partial charge in [0.1, 0.15) is 17.9 Å². The van der Waals surface area contributed by atoms with Crippen LogP contribution in [0.3, 0.4) is 0 Å². The molecule has 9 nitrogen and oxygen atoms in total. The highest BCUT2D eigenvalue weighted by Gasteiger charge is 2.25. The predicted octanol–water partition coefficient (Wildman–Crippen LogP) is 2.08. The van der Waals surface area contributed by atoms with Gasteiger partial charge in [-0.3, -0.25) is 4.79 Å². The van der Waals surface area contributed by atoms with E-state index in [1.165, 1.54) is 30.6 Å². The van der Waals surface area contributed by atoms with E-state index >= 15 is 0 Å². The lowest BCUT2D eigenvalue weighted by atomic mass is 10.3. The highest BCUT2D eigenvalue weighted by Crippen LogP contribution is 2.23. The van der Waals surface area contributed by atoms with E-state index in [4.69, 9.17) is 4.74 Å². The second-order valence-corrected chi connectivity index (χ2v) is 7.32. The van der Waals surface area contributed by atoms with Crippen LogP contribution in [-0.4, -0.2) is 68.6 Å². The van der Waals surface area contributed by atoms with Crippen LogP contribution in [0, 0.1) is 5.82 Å². The summed E-state index contributed by atoms with van der Waals surface area (Å²) < 4.78 is 20.1. The van der Waals surface area contributed by atoms with E-state index < -0.39 is 0 Å². The SMILES string of the molecule is O=C(COc1ccc(F)cc1)N1CCN(c2ncnc3c2nnn3-c2ccccc2)CC1. The van der Waals surface area contributed by atoms with E-state index in [1.807, 2.05) is 30.3 Å². The summed E-state index contributed by atoms with van der Waals surface area (Å²) in [7, 11) is 0. The third-order valence-corrected chi connectivity index (χ3v) is 5.33. The van der Waals surface area contributed by atoms with Crippen LogP contribution in [0.2, 0.25) is 0 Å². The molecule has 0 bridgehead atoms. The van der Waals surface area contributed by atoms with E-state index in [1.54, 1.807) is 9.58 Å². The molecule has 5 rings (SSSR count). The van der Waals surface area contributed by atoms with Crippen LogP contribution in [0.4, 0.5) is 10.2 Å². The Morgan fingerprint density at radius 3 is 2.47 bits per heavy atom. The van der Waals surface area contributed by atoms with Gasteiger partial charge in [-0.05, 0) is 36.4 Å². The van der Waals surface area contributed by atoms with Gasteiger partial charge in [0.2, 0.25) is 0 Å². The molecule has 0 atom stereocenters. The third-order valence-electron chi connectivity index (χ3n) is 5.33. The van der Waals surface area contributed by atoms with Crippen molar-refractivity contribution in [2.24, 2.45) is 0 Å². The van der Waals surface area contributed by atoms with Crippen LogP contribution in [-0.2, 0) is 4.79 Å². The van der Waals surface area contributed by atoms with Crippen LogP contribution in [0.15, 0.2) is 60.9 Å². The Hall–Kier alpha value is -4.08. The first-order valence-corrected chi connectivity index (χ1v) is 10.2. The van der Waals surface area contributed by atoms with Gasteiger partial charge in [0, 0.05) is 26.2 Å². The van der Waals surface area contributed by atoms with Crippen molar-refractivity contribution in [3.05, 3.63) is 66.7 Å². The lowest BCUT2D eigenvalue weighted by Crippen LogP contribution is -2.50. The summed E-state index contributed by atoms with van der Waals surface area (Å²) in [6, 6.07) is 15.3. The van der Waals surface area contributed by atoms with Crippen LogP contribution >= 0.6 is 0 Å². The van der Waals surface area contributed by atoms with Gasteiger partial charge < -0.3 is 14.5 Å². The minimum atomic E-state index is -0.345. The van der Waals surface area contributed by atoms with Gasteiger partial charge in [-0.15, -0.1) is 5.10 Å². The fraction of sp³-hybridized carbons (Fsp3) is 0.227. The van der Waals surface area contributed by atoms with Crippen molar-refractivity contribution < 1.29 is 13.9 Å². The van der Waals surface area contributed by atoms with Gasteiger partial charge in [0.25, 0.3) is 5.91 Å². The number of carbonyl (C=O) groups excluding carboxylic acids is 1. The van der Waals surface area contributed by atoms with Crippen molar-refractivity contribution in [3.8, 4) is 11.4 Å². The summed E-state index contributed by atoms with van der Waals surface area (Å²) in [5.41, 5.74) is 2.12. The second kappa shape index (κ2) is 8.58. The lowest BCUT2D eigenvalue weighted by molar-refractivity contribution is -0.133. The highest BCUT2D eigenvalue weighted by atomic mass is 19.1. The molecule has 0 N–H and O–H groups in total. The Morgan fingerprint density at radius 1 is 0.969 bits per heavy atom. The van der Waals surface area contributed by atoms with Gasteiger partial charge in [0.05, 0.1) is 5.69 Å². The molecule has 3 heterocycles. The maximum absolute atomic E-state index is 13.0. The number of aromatic nitrogens is 5. The van der Waals surface area contributed by atoms with Gasteiger partial charge in [-0.25, -0.2) is 14.4 Å². The average Bonchev–Trinajstić information content (AvgIpc) is 3.28. The summed E-state index contributed by atoms with van der Waals surface area (Å²) >= 11 is 0.